The zero-order chi connectivity index (χ0) is 18.3. The first-order valence-corrected chi connectivity index (χ1v) is 8.24. The molecule has 1 amide bonds. The number of ketones is 1. The van der Waals surface area contributed by atoms with E-state index in [4.69, 9.17) is 4.74 Å². The van der Waals surface area contributed by atoms with Crippen molar-refractivity contribution in [1.29, 1.82) is 0 Å². The minimum Gasteiger partial charge on any atom is -0.426 e. The molecule has 0 heterocycles. The van der Waals surface area contributed by atoms with Crippen LogP contribution in [0.4, 0.5) is 0 Å². The Hall–Kier alpha value is -2.17. The molecule has 0 N–H and O–H groups in total. The molecule has 0 spiro atoms. The minimum absolute atomic E-state index is 0.0179. The quantitative estimate of drug-likeness (QED) is 0.435. The molecule has 1 rings (SSSR count). The van der Waals surface area contributed by atoms with Gasteiger partial charge in [0.25, 0.3) is 0 Å². The number of benzene rings is 1. The molecule has 0 unspecified atom stereocenters. The van der Waals surface area contributed by atoms with Crippen molar-refractivity contribution in [3.8, 4) is 5.75 Å². The van der Waals surface area contributed by atoms with E-state index in [0.29, 0.717) is 37.1 Å². The van der Waals surface area contributed by atoms with E-state index in [-0.39, 0.29) is 17.7 Å². The van der Waals surface area contributed by atoms with Crippen LogP contribution in [0, 0.1) is 5.41 Å². The lowest BCUT2D eigenvalue weighted by molar-refractivity contribution is -0.143. The Kier molecular flexibility index (Phi) is 7.14. The smallest absolute Gasteiger partial charge is 0.316 e. The summed E-state index contributed by atoms with van der Waals surface area (Å²) in [5.41, 5.74) is -0.0194. The lowest BCUT2D eigenvalue weighted by Gasteiger charge is -2.16. The van der Waals surface area contributed by atoms with Crippen LogP contribution in [0.5, 0.6) is 5.75 Å². The second-order valence-corrected chi connectivity index (χ2v) is 6.85. The lowest BCUT2D eigenvalue weighted by atomic mass is 9.97. The Bertz CT molecular complexity index is 584. The van der Waals surface area contributed by atoms with Crippen molar-refractivity contribution in [1.82, 2.24) is 4.90 Å². The van der Waals surface area contributed by atoms with Crippen LogP contribution in [0.3, 0.4) is 0 Å². The zero-order valence-corrected chi connectivity index (χ0v) is 15.2. The van der Waals surface area contributed by atoms with Crippen LogP contribution in [-0.2, 0) is 9.59 Å². The topological polar surface area (TPSA) is 63.7 Å². The van der Waals surface area contributed by atoms with E-state index < -0.39 is 5.41 Å². The zero-order valence-electron chi connectivity index (χ0n) is 15.2. The van der Waals surface area contributed by atoms with Crippen LogP contribution in [0.25, 0.3) is 0 Å². The Balaban J connectivity index is 2.52. The maximum absolute atomic E-state index is 12.1. The molecule has 0 saturated carbocycles. The molecule has 0 bridgehead atoms. The number of amides is 1. The number of carbonyl (C=O) groups excluding carboxylic acids is 3. The van der Waals surface area contributed by atoms with Crippen molar-refractivity contribution in [3.63, 3.8) is 0 Å². The molecule has 0 fully saturated rings. The number of rotatable bonds is 7. The molecule has 5 heteroatoms. The largest absolute Gasteiger partial charge is 0.426 e. The van der Waals surface area contributed by atoms with Crippen molar-refractivity contribution in [2.75, 3.05) is 13.6 Å². The SMILES string of the molecule is CCN(C)C(=O)CCCC(=O)c1ccc(OC(=O)C(C)(C)C)cc1. The second kappa shape index (κ2) is 8.62. The average molecular weight is 333 g/mol. The predicted octanol–water partition coefficient (Wildman–Crippen LogP) is 3.47. The Morgan fingerprint density at radius 1 is 1.04 bits per heavy atom. The highest BCUT2D eigenvalue weighted by molar-refractivity contribution is 5.96. The summed E-state index contributed by atoms with van der Waals surface area (Å²) in [6.45, 7) is 7.93. The second-order valence-electron chi connectivity index (χ2n) is 6.85. The van der Waals surface area contributed by atoms with Crippen LogP contribution in [0.15, 0.2) is 24.3 Å². The van der Waals surface area contributed by atoms with E-state index in [0.717, 1.165) is 0 Å². The molecule has 0 aliphatic rings. The molecule has 24 heavy (non-hydrogen) atoms. The fourth-order valence-electron chi connectivity index (χ4n) is 1.88. The maximum atomic E-state index is 12.1. The number of carbonyl (C=O) groups is 3. The first kappa shape index (κ1) is 19.9. The standard InChI is InChI=1S/C19H27NO4/c1-6-20(5)17(22)9-7-8-16(21)14-10-12-15(13-11-14)24-18(23)19(2,3)4/h10-13H,6-9H2,1-5H3. The molecule has 0 aliphatic heterocycles. The first-order chi connectivity index (χ1) is 11.1. The average Bonchev–Trinajstić information content (AvgIpc) is 2.53. The van der Waals surface area contributed by atoms with Crippen LogP contribution >= 0.6 is 0 Å². The van der Waals surface area contributed by atoms with E-state index in [1.54, 1.807) is 57.0 Å². The van der Waals surface area contributed by atoms with Crippen molar-refractivity contribution in [2.45, 2.75) is 47.0 Å². The third-order valence-electron chi connectivity index (χ3n) is 3.69. The molecular formula is C19H27NO4. The van der Waals surface area contributed by atoms with Gasteiger partial charge in [-0.05, 0) is 58.4 Å². The summed E-state index contributed by atoms with van der Waals surface area (Å²) in [6, 6.07) is 6.53. The van der Waals surface area contributed by atoms with Gasteiger partial charge in [0.1, 0.15) is 5.75 Å². The molecule has 1 aromatic rings. The van der Waals surface area contributed by atoms with E-state index in [2.05, 4.69) is 0 Å². The number of hydrogen-bond acceptors (Lipinski definition) is 4. The van der Waals surface area contributed by atoms with Gasteiger partial charge in [0.2, 0.25) is 5.91 Å². The molecular weight excluding hydrogens is 306 g/mol. The van der Waals surface area contributed by atoms with E-state index >= 15 is 0 Å². The van der Waals surface area contributed by atoms with Gasteiger partial charge in [-0.25, -0.2) is 0 Å². The van der Waals surface area contributed by atoms with Gasteiger partial charge in [-0.1, -0.05) is 0 Å². The van der Waals surface area contributed by atoms with Crippen LogP contribution < -0.4 is 4.74 Å². The van der Waals surface area contributed by atoms with E-state index in [1.807, 2.05) is 6.92 Å². The summed E-state index contributed by atoms with van der Waals surface area (Å²) in [5, 5.41) is 0. The van der Waals surface area contributed by atoms with Gasteiger partial charge in [0.15, 0.2) is 5.78 Å². The van der Waals surface area contributed by atoms with E-state index in [9.17, 15) is 14.4 Å². The van der Waals surface area contributed by atoms with Gasteiger partial charge >= 0.3 is 5.97 Å². The molecule has 0 atom stereocenters. The number of hydrogen-bond donors (Lipinski definition) is 0. The van der Waals surface area contributed by atoms with Crippen molar-refractivity contribution < 1.29 is 19.1 Å². The summed E-state index contributed by atoms with van der Waals surface area (Å²) in [5.74, 6) is 0.136. The molecule has 5 nitrogen and oxygen atoms in total. The van der Waals surface area contributed by atoms with Crippen LogP contribution in [0.1, 0.15) is 57.3 Å². The van der Waals surface area contributed by atoms with Gasteiger partial charge in [0, 0.05) is 32.0 Å². The Labute approximate surface area is 144 Å². The van der Waals surface area contributed by atoms with E-state index in [1.165, 1.54) is 0 Å². The van der Waals surface area contributed by atoms with Crippen LogP contribution in [-0.4, -0.2) is 36.2 Å². The van der Waals surface area contributed by atoms with Crippen molar-refractivity contribution >= 4 is 17.7 Å². The predicted molar refractivity (Wildman–Crippen MR) is 93.0 cm³/mol. The van der Waals surface area contributed by atoms with Gasteiger partial charge < -0.3 is 9.64 Å². The molecule has 0 aromatic heterocycles. The normalized spacial score (nSPS) is 11.0. The first-order valence-electron chi connectivity index (χ1n) is 8.24. The van der Waals surface area contributed by atoms with Crippen molar-refractivity contribution in [2.24, 2.45) is 5.41 Å². The van der Waals surface area contributed by atoms with Crippen molar-refractivity contribution in [3.05, 3.63) is 29.8 Å². The third-order valence-corrected chi connectivity index (χ3v) is 3.69. The Morgan fingerprint density at radius 3 is 2.12 bits per heavy atom. The number of nitrogens with zero attached hydrogens (tertiary/aromatic N) is 1. The molecule has 0 radical (unpaired) electrons. The van der Waals surface area contributed by atoms with Gasteiger partial charge in [-0.15, -0.1) is 0 Å². The number of esters is 1. The summed E-state index contributed by atoms with van der Waals surface area (Å²) >= 11 is 0. The summed E-state index contributed by atoms with van der Waals surface area (Å²) in [7, 11) is 1.75. The maximum Gasteiger partial charge on any atom is 0.316 e. The Morgan fingerprint density at radius 2 is 1.62 bits per heavy atom. The molecule has 132 valence electrons. The molecule has 0 aliphatic carbocycles. The minimum atomic E-state index is -0.577. The van der Waals surface area contributed by atoms with Crippen LogP contribution in [0.2, 0.25) is 0 Å². The molecule has 0 saturated heterocycles. The fraction of sp³-hybridized carbons (Fsp3) is 0.526. The highest BCUT2D eigenvalue weighted by atomic mass is 16.5. The van der Waals surface area contributed by atoms with Gasteiger partial charge in [0.05, 0.1) is 5.41 Å². The summed E-state index contributed by atoms with van der Waals surface area (Å²) < 4.78 is 5.26. The lowest BCUT2D eigenvalue weighted by Crippen LogP contribution is -2.26. The highest BCUT2D eigenvalue weighted by Gasteiger charge is 2.23. The fourth-order valence-corrected chi connectivity index (χ4v) is 1.88. The molecule has 1 aromatic carbocycles. The number of Topliss-reactive ketones (excluding diaryl/α,β-unsaturated/α-hetero) is 1. The number of ether oxygens (including phenoxy) is 1. The monoisotopic (exact) mass is 333 g/mol. The van der Waals surface area contributed by atoms with Gasteiger partial charge in [-0.3, -0.25) is 14.4 Å². The summed E-state index contributed by atoms with van der Waals surface area (Å²) in [4.78, 5) is 37.3. The van der Waals surface area contributed by atoms with Gasteiger partial charge in [-0.2, -0.15) is 0 Å². The third kappa shape index (κ3) is 6.14. The summed E-state index contributed by atoms with van der Waals surface area (Å²) in [6.07, 6.45) is 1.23. The highest BCUT2D eigenvalue weighted by Crippen LogP contribution is 2.20.